The Labute approximate surface area is 253 Å². The predicted molar refractivity (Wildman–Crippen MR) is 165 cm³/mol. The number of carbonyl (C=O) groups excluding carboxylic acids is 3. The van der Waals surface area contributed by atoms with E-state index in [0.29, 0.717) is 29.2 Å². The minimum atomic E-state index is -0.975. The molecule has 1 saturated heterocycles. The lowest BCUT2D eigenvalue weighted by atomic mass is 9.94. The van der Waals surface area contributed by atoms with Crippen molar-refractivity contribution in [3.05, 3.63) is 129 Å². The molecular weight excluding hydrogens is 564 g/mol. The van der Waals surface area contributed by atoms with E-state index in [2.05, 4.69) is 11.6 Å². The van der Waals surface area contributed by atoms with Crippen LogP contribution in [0.3, 0.4) is 0 Å². The van der Waals surface area contributed by atoms with Crippen molar-refractivity contribution in [3.8, 4) is 5.75 Å². The number of rotatable bonds is 9. The lowest BCUT2D eigenvalue weighted by Crippen LogP contribution is -2.29. The van der Waals surface area contributed by atoms with E-state index in [1.54, 1.807) is 37.3 Å². The van der Waals surface area contributed by atoms with Crippen molar-refractivity contribution >= 4 is 39.9 Å². The highest BCUT2D eigenvalue weighted by molar-refractivity contribution is 7.17. The Balaban J connectivity index is 1.55. The summed E-state index contributed by atoms with van der Waals surface area (Å²) in [6, 6.07) is 21.2. The van der Waals surface area contributed by atoms with Crippen LogP contribution in [0.1, 0.15) is 49.2 Å². The van der Waals surface area contributed by atoms with Crippen LogP contribution in [0, 0.1) is 20.8 Å². The van der Waals surface area contributed by atoms with E-state index >= 15 is 0 Å². The number of carbonyl (C=O) groups is 3. The molecule has 8 nitrogen and oxygen atoms in total. The lowest BCUT2D eigenvalue weighted by molar-refractivity contribution is -0.132. The number of hydrogen-bond donors (Lipinski definition) is 1. The smallest absolute Gasteiger partial charge is 0.350 e. The molecule has 1 fully saturated rings. The molecule has 1 atom stereocenters. The van der Waals surface area contributed by atoms with Gasteiger partial charge in [0.15, 0.2) is 5.13 Å². The zero-order valence-corrected chi connectivity index (χ0v) is 24.8. The molecule has 9 heteroatoms. The first-order valence-electron chi connectivity index (χ1n) is 13.6. The number of ketones is 1. The van der Waals surface area contributed by atoms with Gasteiger partial charge in [-0.15, -0.1) is 0 Å². The van der Waals surface area contributed by atoms with Crippen molar-refractivity contribution in [2.75, 3.05) is 11.5 Å². The van der Waals surface area contributed by atoms with Gasteiger partial charge in [-0.1, -0.05) is 84.2 Å². The third-order valence-electron chi connectivity index (χ3n) is 7.03. The number of thiazole rings is 1. The molecule has 0 saturated carbocycles. The lowest BCUT2D eigenvalue weighted by Gasteiger charge is -2.23. The number of aryl methyl sites for hydroxylation is 3. The van der Waals surface area contributed by atoms with E-state index in [9.17, 15) is 19.5 Å². The molecule has 1 N–H and O–H groups in total. The molecule has 4 aromatic rings. The number of aliphatic hydroxyl groups is 1. The molecule has 0 unspecified atom stereocenters. The van der Waals surface area contributed by atoms with Crippen molar-refractivity contribution in [1.29, 1.82) is 0 Å². The summed E-state index contributed by atoms with van der Waals surface area (Å²) in [6.45, 7) is 9.35. The van der Waals surface area contributed by atoms with Crippen molar-refractivity contribution in [2.45, 2.75) is 33.4 Å². The monoisotopic (exact) mass is 594 g/mol. The third-order valence-corrected chi connectivity index (χ3v) is 8.17. The average molecular weight is 595 g/mol. The quantitative estimate of drug-likeness (QED) is 0.0764. The maximum Gasteiger partial charge on any atom is 0.350 e. The first kappa shape index (κ1) is 29.5. The van der Waals surface area contributed by atoms with Crippen LogP contribution in [0.5, 0.6) is 5.75 Å². The normalized spacial score (nSPS) is 15.9. The molecule has 0 bridgehead atoms. The van der Waals surface area contributed by atoms with Gasteiger partial charge in [-0.25, -0.2) is 9.78 Å². The molecule has 1 amide bonds. The Morgan fingerprint density at radius 3 is 2.44 bits per heavy atom. The molecule has 2 heterocycles. The second kappa shape index (κ2) is 12.5. The number of anilines is 1. The highest BCUT2D eigenvalue weighted by atomic mass is 32.1. The minimum absolute atomic E-state index is 0.0227. The summed E-state index contributed by atoms with van der Waals surface area (Å²) in [5, 5.41) is 11.7. The van der Waals surface area contributed by atoms with Gasteiger partial charge in [0.1, 0.15) is 29.6 Å². The van der Waals surface area contributed by atoms with Gasteiger partial charge in [-0.3, -0.25) is 14.5 Å². The molecule has 3 aromatic carbocycles. The summed E-state index contributed by atoms with van der Waals surface area (Å²) < 4.78 is 11.1. The number of esters is 1. The fraction of sp³-hybridized carbons (Fsp3) is 0.176. The molecule has 43 heavy (non-hydrogen) atoms. The summed E-state index contributed by atoms with van der Waals surface area (Å²) in [5.41, 5.74) is 4.01. The molecule has 1 aliphatic heterocycles. The average Bonchev–Trinajstić information content (AvgIpc) is 3.51. The molecule has 5 rings (SSSR count). The summed E-state index contributed by atoms with van der Waals surface area (Å²) >= 11 is 0.952. The van der Waals surface area contributed by atoms with Gasteiger partial charge >= 0.3 is 11.9 Å². The van der Waals surface area contributed by atoms with Crippen LogP contribution in [0.4, 0.5) is 5.13 Å². The Morgan fingerprint density at radius 1 is 1.05 bits per heavy atom. The van der Waals surface area contributed by atoms with Crippen LogP contribution < -0.4 is 9.64 Å². The number of nitrogens with zero attached hydrogens (tertiary/aromatic N) is 2. The highest BCUT2D eigenvalue weighted by Crippen LogP contribution is 2.44. The van der Waals surface area contributed by atoms with E-state index < -0.39 is 23.7 Å². The zero-order valence-electron chi connectivity index (χ0n) is 24.0. The van der Waals surface area contributed by atoms with E-state index in [1.807, 2.05) is 56.3 Å². The second-order valence-corrected chi connectivity index (χ2v) is 11.1. The molecule has 0 aliphatic carbocycles. The number of ether oxygens (including phenoxy) is 2. The van der Waals surface area contributed by atoms with Crippen LogP contribution in [0.15, 0.2) is 91.0 Å². The first-order valence-corrected chi connectivity index (χ1v) is 14.4. The number of aromatic nitrogens is 1. The van der Waals surface area contributed by atoms with Crippen LogP contribution in [0.2, 0.25) is 0 Å². The van der Waals surface area contributed by atoms with E-state index in [1.165, 1.54) is 11.0 Å². The number of Topliss-reactive ketones (excluding diaryl/α,β-unsaturated/α-hetero) is 1. The fourth-order valence-electron chi connectivity index (χ4n) is 4.82. The van der Waals surface area contributed by atoms with Crippen LogP contribution in [-0.2, 0) is 20.9 Å². The molecule has 0 spiro atoms. The zero-order chi connectivity index (χ0) is 30.7. The second-order valence-electron chi connectivity index (χ2n) is 10.1. The van der Waals surface area contributed by atoms with Gasteiger partial charge in [0.2, 0.25) is 0 Å². The predicted octanol–water partition coefficient (Wildman–Crippen LogP) is 6.62. The molecule has 218 valence electrons. The SMILES string of the molecule is C=CCOC(=O)c1sc(N2C(=O)C(=O)/C(=C(/O)c3ccc(OCc4ccccc4)c(C)c3)[C@@H]2c2ccc(C)cc2)nc1C. The molecule has 0 radical (unpaired) electrons. The number of aliphatic hydroxyl groups excluding tert-OH is 1. The number of amides is 1. The van der Waals surface area contributed by atoms with E-state index in [0.717, 1.165) is 28.0 Å². The summed E-state index contributed by atoms with van der Waals surface area (Å²) in [6.07, 6.45) is 1.45. The van der Waals surface area contributed by atoms with Gasteiger partial charge in [0.05, 0.1) is 17.3 Å². The van der Waals surface area contributed by atoms with Gasteiger partial charge in [0, 0.05) is 5.56 Å². The maximum atomic E-state index is 13.6. The van der Waals surface area contributed by atoms with Crippen molar-refractivity contribution in [3.63, 3.8) is 0 Å². The Bertz CT molecular complexity index is 1740. The number of benzene rings is 3. The Kier molecular flexibility index (Phi) is 8.54. The largest absolute Gasteiger partial charge is 0.507 e. The van der Waals surface area contributed by atoms with Gasteiger partial charge in [0.25, 0.3) is 5.78 Å². The van der Waals surface area contributed by atoms with Crippen molar-refractivity contribution in [2.24, 2.45) is 0 Å². The summed E-state index contributed by atoms with van der Waals surface area (Å²) in [7, 11) is 0. The standard InChI is InChI=1S/C34H30N2O6S/c1-5-17-41-33(40)31-22(4)35-34(43-31)36-28(24-13-11-20(2)12-14-24)27(30(38)32(36)39)29(37)25-15-16-26(21(3)18-25)42-19-23-9-7-6-8-10-23/h5-16,18,28,37H,1,17,19H2,2-4H3/b29-27+/t28-/m0/s1. The van der Waals surface area contributed by atoms with Crippen LogP contribution in [-0.4, -0.2) is 34.4 Å². The fourth-order valence-corrected chi connectivity index (χ4v) is 5.81. The van der Waals surface area contributed by atoms with Crippen molar-refractivity contribution < 1.29 is 29.0 Å². The van der Waals surface area contributed by atoms with Crippen molar-refractivity contribution in [1.82, 2.24) is 4.98 Å². The minimum Gasteiger partial charge on any atom is -0.507 e. The Hall–Kier alpha value is -5.02. The van der Waals surface area contributed by atoms with E-state index in [4.69, 9.17) is 9.47 Å². The summed E-state index contributed by atoms with van der Waals surface area (Å²) in [5.74, 6) is -2.00. The highest BCUT2D eigenvalue weighted by Gasteiger charge is 2.48. The van der Waals surface area contributed by atoms with Crippen LogP contribution >= 0.6 is 11.3 Å². The molecule has 1 aromatic heterocycles. The van der Waals surface area contributed by atoms with Gasteiger partial charge in [-0.2, -0.15) is 0 Å². The summed E-state index contributed by atoms with van der Waals surface area (Å²) in [4.78, 5) is 45.6. The molecular formula is C34H30N2O6S. The first-order chi connectivity index (χ1) is 20.7. The number of hydrogen-bond acceptors (Lipinski definition) is 8. The molecule has 1 aliphatic rings. The van der Waals surface area contributed by atoms with E-state index in [-0.39, 0.29) is 27.9 Å². The third kappa shape index (κ3) is 5.98. The maximum absolute atomic E-state index is 13.6. The van der Waals surface area contributed by atoms with Gasteiger partial charge in [-0.05, 0) is 55.7 Å². The Morgan fingerprint density at radius 2 is 1.77 bits per heavy atom. The van der Waals surface area contributed by atoms with Crippen LogP contribution in [0.25, 0.3) is 5.76 Å². The topological polar surface area (TPSA) is 106 Å². The van der Waals surface area contributed by atoms with Gasteiger partial charge < -0.3 is 14.6 Å².